The third-order valence-electron chi connectivity index (χ3n) is 3.47. The number of nitrogens with zero attached hydrogens (tertiary/aromatic N) is 1. The van der Waals surface area contributed by atoms with E-state index in [-0.39, 0.29) is 11.2 Å². The van der Waals surface area contributed by atoms with E-state index in [1.165, 1.54) is 0 Å². The Morgan fingerprint density at radius 1 is 1.47 bits per heavy atom. The van der Waals surface area contributed by atoms with Crippen molar-refractivity contribution in [1.29, 1.82) is 5.26 Å². The number of nitrogens with one attached hydrogen (secondary N) is 1. The summed E-state index contributed by atoms with van der Waals surface area (Å²) in [5.74, 6) is -0.183. The summed E-state index contributed by atoms with van der Waals surface area (Å²) < 4.78 is 11.2. The van der Waals surface area contributed by atoms with Crippen molar-refractivity contribution < 1.29 is 9.00 Å². The van der Waals surface area contributed by atoms with E-state index in [4.69, 9.17) is 0 Å². The molecule has 0 aliphatic heterocycles. The monoisotopic (exact) mass is 256 g/mol. The Balaban J connectivity index is 2.56. The van der Waals surface area contributed by atoms with E-state index in [0.717, 1.165) is 19.3 Å². The van der Waals surface area contributed by atoms with Crippen LogP contribution in [-0.2, 0) is 15.6 Å². The molecule has 1 amide bonds. The molecular weight excluding hydrogens is 236 g/mol. The van der Waals surface area contributed by atoms with Gasteiger partial charge in [-0.25, -0.2) is 0 Å². The summed E-state index contributed by atoms with van der Waals surface area (Å²) in [7, 11) is -0.945. The minimum absolute atomic E-state index is 0.0710. The predicted octanol–water partition coefficient (Wildman–Crippen LogP) is 1.34. The number of nitriles is 1. The van der Waals surface area contributed by atoms with Crippen molar-refractivity contribution in [2.75, 3.05) is 12.8 Å². The first-order valence-electron chi connectivity index (χ1n) is 6.03. The second-order valence-corrected chi connectivity index (χ2v) is 6.58. The van der Waals surface area contributed by atoms with Gasteiger partial charge in [-0.1, -0.05) is 19.3 Å². The third kappa shape index (κ3) is 3.53. The van der Waals surface area contributed by atoms with Gasteiger partial charge < -0.3 is 5.32 Å². The molecule has 2 atom stereocenters. The zero-order valence-electron chi connectivity index (χ0n) is 10.5. The molecule has 96 valence electrons. The molecular formula is C12H20N2O2S. The van der Waals surface area contributed by atoms with Crippen LogP contribution in [0.25, 0.3) is 0 Å². The van der Waals surface area contributed by atoms with Crippen molar-refractivity contribution in [3.8, 4) is 6.07 Å². The van der Waals surface area contributed by atoms with Gasteiger partial charge in [0.15, 0.2) is 0 Å². The Morgan fingerprint density at radius 2 is 2.06 bits per heavy atom. The molecule has 1 N–H and O–H groups in total. The highest BCUT2D eigenvalue weighted by molar-refractivity contribution is 7.84. The summed E-state index contributed by atoms with van der Waals surface area (Å²) in [5, 5.41) is 11.9. The minimum atomic E-state index is -0.945. The normalized spacial score (nSPS) is 22.2. The van der Waals surface area contributed by atoms with Crippen LogP contribution in [0.15, 0.2) is 0 Å². The third-order valence-corrected chi connectivity index (χ3v) is 4.77. The summed E-state index contributed by atoms with van der Waals surface area (Å²) >= 11 is 0. The van der Waals surface area contributed by atoms with Gasteiger partial charge in [-0.05, 0) is 19.8 Å². The lowest BCUT2D eigenvalue weighted by Gasteiger charge is -2.29. The van der Waals surface area contributed by atoms with Gasteiger partial charge in [-0.15, -0.1) is 0 Å². The molecule has 1 saturated carbocycles. The van der Waals surface area contributed by atoms with Crippen molar-refractivity contribution in [2.24, 2.45) is 5.41 Å². The Labute approximate surface area is 105 Å². The average molecular weight is 256 g/mol. The van der Waals surface area contributed by atoms with Crippen LogP contribution in [0.4, 0.5) is 0 Å². The molecule has 0 aromatic heterocycles. The first-order chi connectivity index (χ1) is 8.02. The van der Waals surface area contributed by atoms with Gasteiger partial charge in [0.1, 0.15) is 5.41 Å². The summed E-state index contributed by atoms with van der Waals surface area (Å²) in [6.45, 7) is 2.21. The molecule has 17 heavy (non-hydrogen) atoms. The van der Waals surface area contributed by atoms with E-state index >= 15 is 0 Å². The number of amides is 1. The maximum atomic E-state index is 12.0. The highest BCUT2D eigenvalue weighted by atomic mass is 32.2. The van der Waals surface area contributed by atoms with Crippen LogP contribution in [-0.4, -0.2) is 28.2 Å². The number of rotatable bonds is 4. The average Bonchev–Trinajstić information content (AvgIpc) is 2.36. The molecule has 0 heterocycles. The summed E-state index contributed by atoms with van der Waals surface area (Å²) in [6, 6.07) is 2.18. The minimum Gasteiger partial charge on any atom is -0.354 e. The van der Waals surface area contributed by atoms with E-state index in [2.05, 4.69) is 11.4 Å². The van der Waals surface area contributed by atoms with E-state index in [9.17, 15) is 14.3 Å². The first-order valence-corrected chi connectivity index (χ1v) is 7.66. The number of carbonyl (C=O) groups is 1. The van der Waals surface area contributed by atoms with E-state index < -0.39 is 16.2 Å². The molecule has 2 unspecified atom stereocenters. The topological polar surface area (TPSA) is 70.0 Å². The lowest BCUT2D eigenvalue weighted by Crippen LogP contribution is -2.44. The van der Waals surface area contributed by atoms with Gasteiger partial charge in [-0.3, -0.25) is 9.00 Å². The van der Waals surface area contributed by atoms with Crippen LogP contribution in [0.3, 0.4) is 0 Å². The smallest absolute Gasteiger partial charge is 0.240 e. The van der Waals surface area contributed by atoms with Crippen LogP contribution < -0.4 is 5.32 Å². The highest BCUT2D eigenvalue weighted by Crippen LogP contribution is 2.35. The lowest BCUT2D eigenvalue weighted by molar-refractivity contribution is -0.129. The zero-order valence-corrected chi connectivity index (χ0v) is 11.3. The fourth-order valence-corrected chi connectivity index (χ4v) is 2.39. The lowest BCUT2D eigenvalue weighted by atomic mass is 9.74. The fraction of sp³-hybridized carbons (Fsp3) is 0.833. The van der Waals surface area contributed by atoms with Gasteiger partial charge >= 0.3 is 0 Å². The maximum absolute atomic E-state index is 12.0. The molecule has 0 radical (unpaired) electrons. The van der Waals surface area contributed by atoms with Crippen LogP contribution in [0.5, 0.6) is 0 Å². The SMILES string of the molecule is CC(CNC(=O)C1(C#N)CCCCC1)S(C)=O. The molecule has 1 fully saturated rings. The maximum Gasteiger partial charge on any atom is 0.240 e. The number of hydrogen-bond acceptors (Lipinski definition) is 3. The molecule has 0 saturated heterocycles. The van der Waals surface area contributed by atoms with Crippen LogP contribution in [0, 0.1) is 16.7 Å². The predicted molar refractivity (Wildman–Crippen MR) is 67.7 cm³/mol. The molecule has 1 aliphatic rings. The summed E-state index contributed by atoms with van der Waals surface area (Å²) in [6.07, 6.45) is 5.91. The largest absolute Gasteiger partial charge is 0.354 e. The second kappa shape index (κ2) is 6.15. The number of carbonyl (C=O) groups excluding carboxylic acids is 1. The van der Waals surface area contributed by atoms with Gasteiger partial charge in [-0.2, -0.15) is 5.26 Å². The zero-order chi connectivity index (χ0) is 12.9. The quantitative estimate of drug-likeness (QED) is 0.825. The molecule has 0 aromatic carbocycles. The molecule has 0 spiro atoms. The van der Waals surface area contributed by atoms with Crippen LogP contribution in [0.2, 0.25) is 0 Å². The molecule has 5 heteroatoms. The van der Waals surface area contributed by atoms with E-state index in [1.54, 1.807) is 6.26 Å². The fourth-order valence-electron chi connectivity index (χ4n) is 2.07. The molecule has 0 aromatic rings. The van der Waals surface area contributed by atoms with Gasteiger partial charge in [0.25, 0.3) is 0 Å². The Morgan fingerprint density at radius 3 is 2.53 bits per heavy atom. The van der Waals surface area contributed by atoms with Crippen molar-refractivity contribution in [2.45, 2.75) is 44.3 Å². The summed E-state index contributed by atoms with van der Waals surface area (Å²) in [5.41, 5.74) is -0.840. The van der Waals surface area contributed by atoms with Gasteiger partial charge in [0.2, 0.25) is 5.91 Å². The van der Waals surface area contributed by atoms with Gasteiger partial charge in [0.05, 0.1) is 6.07 Å². The van der Waals surface area contributed by atoms with E-state index in [0.29, 0.717) is 19.4 Å². The second-order valence-electron chi connectivity index (χ2n) is 4.77. The van der Waals surface area contributed by atoms with Crippen molar-refractivity contribution in [3.63, 3.8) is 0 Å². The van der Waals surface area contributed by atoms with Crippen molar-refractivity contribution in [3.05, 3.63) is 0 Å². The van der Waals surface area contributed by atoms with Crippen molar-refractivity contribution in [1.82, 2.24) is 5.32 Å². The summed E-state index contributed by atoms with van der Waals surface area (Å²) in [4.78, 5) is 12.0. The van der Waals surface area contributed by atoms with Crippen LogP contribution in [0.1, 0.15) is 39.0 Å². The van der Waals surface area contributed by atoms with E-state index in [1.807, 2.05) is 6.92 Å². The molecule has 0 bridgehead atoms. The Hall–Kier alpha value is -0.890. The molecule has 4 nitrogen and oxygen atoms in total. The standard InChI is InChI=1S/C12H20N2O2S/c1-10(17(2)16)8-14-11(15)12(9-13)6-4-3-5-7-12/h10H,3-8H2,1-2H3,(H,14,15). The Kier molecular flexibility index (Phi) is 5.13. The molecule has 1 aliphatic carbocycles. The highest BCUT2D eigenvalue weighted by Gasteiger charge is 2.39. The van der Waals surface area contributed by atoms with Crippen molar-refractivity contribution >= 4 is 16.7 Å². The van der Waals surface area contributed by atoms with Gasteiger partial charge in [0, 0.05) is 28.9 Å². The van der Waals surface area contributed by atoms with Crippen LogP contribution >= 0.6 is 0 Å². The molecule has 1 rings (SSSR count). The first kappa shape index (κ1) is 14.2. The number of hydrogen-bond donors (Lipinski definition) is 1. The Bertz CT molecular complexity index is 343.